The molecule has 0 aliphatic heterocycles. The predicted octanol–water partition coefficient (Wildman–Crippen LogP) is 6.07. The topological polar surface area (TPSA) is 56.8 Å². The molecule has 0 fully saturated rings. The fourth-order valence-electron chi connectivity index (χ4n) is 2.76. The number of benzene rings is 2. The average molecular weight is 456 g/mol. The minimum Gasteiger partial charge on any atom is -0.445 e. The van der Waals surface area contributed by atoms with Crippen molar-refractivity contribution in [2.45, 2.75) is 64.3 Å². The van der Waals surface area contributed by atoms with Gasteiger partial charge in [0, 0.05) is 0 Å². The molecule has 0 saturated heterocycles. The minimum absolute atomic E-state index is 0.0555. The van der Waals surface area contributed by atoms with Crippen LogP contribution in [0.2, 0.25) is 18.1 Å². The molecular weight excluding hydrogens is 418 g/mol. The SMILES string of the molecule is C=C[C@@H](OCc1ccccc1)[C@H](CO[Si](C)(C)C(C)(C)C)NC(=O)OCc1ccccc1. The van der Waals surface area contributed by atoms with Crippen molar-refractivity contribution in [3.8, 4) is 0 Å². The molecule has 174 valence electrons. The van der Waals surface area contributed by atoms with Gasteiger partial charge in [-0.15, -0.1) is 6.58 Å². The summed E-state index contributed by atoms with van der Waals surface area (Å²) in [6.07, 6.45) is 0.775. The monoisotopic (exact) mass is 455 g/mol. The second kappa shape index (κ2) is 12.0. The van der Waals surface area contributed by atoms with Gasteiger partial charge >= 0.3 is 6.09 Å². The minimum atomic E-state index is -2.02. The second-order valence-electron chi connectivity index (χ2n) is 9.38. The molecule has 0 radical (unpaired) electrons. The van der Waals surface area contributed by atoms with Gasteiger partial charge in [-0.05, 0) is 29.3 Å². The Morgan fingerprint density at radius 2 is 1.53 bits per heavy atom. The largest absolute Gasteiger partial charge is 0.445 e. The van der Waals surface area contributed by atoms with Gasteiger partial charge in [0.15, 0.2) is 8.32 Å². The number of rotatable bonds is 11. The van der Waals surface area contributed by atoms with Crippen LogP contribution in [-0.2, 0) is 27.1 Å². The van der Waals surface area contributed by atoms with Crippen LogP contribution in [0.5, 0.6) is 0 Å². The quantitative estimate of drug-likeness (QED) is 0.330. The van der Waals surface area contributed by atoms with Gasteiger partial charge in [-0.2, -0.15) is 0 Å². The molecule has 0 aliphatic rings. The summed E-state index contributed by atoms with van der Waals surface area (Å²) in [6.45, 7) is 15.8. The van der Waals surface area contributed by atoms with E-state index in [2.05, 4.69) is 45.8 Å². The highest BCUT2D eigenvalue weighted by Gasteiger charge is 2.38. The van der Waals surface area contributed by atoms with E-state index in [0.717, 1.165) is 11.1 Å². The van der Waals surface area contributed by atoms with Gasteiger partial charge in [0.05, 0.1) is 25.4 Å². The Kier molecular flexibility index (Phi) is 9.69. The van der Waals surface area contributed by atoms with E-state index in [1.54, 1.807) is 6.08 Å². The molecule has 2 atom stereocenters. The second-order valence-corrected chi connectivity index (χ2v) is 14.2. The maximum Gasteiger partial charge on any atom is 0.407 e. The van der Waals surface area contributed by atoms with Gasteiger partial charge in [-0.1, -0.05) is 87.5 Å². The molecule has 2 aromatic carbocycles. The van der Waals surface area contributed by atoms with E-state index in [1.807, 2.05) is 60.7 Å². The van der Waals surface area contributed by atoms with Crippen molar-refractivity contribution in [1.82, 2.24) is 5.32 Å². The van der Waals surface area contributed by atoms with Gasteiger partial charge in [0.2, 0.25) is 0 Å². The Balaban J connectivity index is 2.05. The summed E-state index contributed by atoms with van der Waals surface area (Å²) in [5, 5.41) is 2.99. The Morgan fingerprint density at radius 1 is 1.00 bits per heavy atom. The van der Waals surface area contributed by atoms with Crippen LogP contribution < -0.4 is 5.32 Å². The molecule has 0 heterocycles. The maximum atomic E-state index is 12.6. The molecule has 0 bridgehead atoms. The van der Waals surface area contributed by atoms with E-state index in [1.165, 1.54) is 0 Å². The number of alkyl carbamates (subject to hydrolysis) is 1. The van der Waals surface area contributed by atoms with Crippen molar-refractivity contribution < 1.29 is 18.7 Å². The smallest absolute Gasteiger partial charge is 0.407 e. The van der Waals surface area contributed by atoms with Crippen LogP contribution in [0.3, 0.4) is 0 Å². The summed E-state index contributed by atoms with van der Waals surface area (Å²) < 4.78 is 17.9. The summed E-state index contributed by atoms with van der Waals surface area (Å²) in [7, 11) is -2.02. The van der Waals surface area contributed by atoms with Crippen LogP contribution in [0.4, 0.5) is 4.79 Å². The van der Waals surface area contributed by atoms with Gasteiger partial charge < -0.3 is 19.2 Å². The number of ether oxygens (including phenoxy) is 2. The molecule has 32 heavy (non-hydrogen) atoms. The highest BCUT2D eigenvalue weighted by molar-refractivity contribution is 6.74. The number of carbonyl (C=O) groups is 1. The first-order chi connectivity index (χ1) is 15.1. The first-order valence-corrected chi connectivity index (χ1v) is 13.9. The number of amides is 1. The Labute approximate surface area is 193 Å². The van der Waals surface area contributed by atoms with Crippen molar-refractivity contribution in [2.24, 2.45) is 0 Å². The summed E-state index contributed by atoms with van der Waals surface area (Å²) in [4.78, 5) is 12.6. The van der Waals surface area contributed by atoms with E-state index >= 15 is 0 Å². The molecule has 0 aliphatic carbocycles. The van der Waals surface area contributed by atoms with Crippen LogP contribution >= 0.6 is 0 Å². The normalized spacial score (nSPS) is 13.8. The zero-order valence-electron chi connectivity index (χ0n) is 20.0. The molecule has 2 aromatic rings. The molecule has 2 rings (SSSR count). The van der Waals surface area contributed by atoms with E-state index < -0.39 is 26.6 Å². The highest BCUT2D eigenvalue weighted by Crippen LogP contribution is 2.36. The molecule has 6 heteroatoms. The molecule has 0 unspecified atom stereocenters. The Bertz CT molecular complexity index is 834. The third-order valence-electron chi connectivity index (χ3n) is 5.86. The summed E-state index contributed by atoms with van der Waals surface area (Å²) >= 11 is 0. The number of hydrogen-bond acceptors (Lipinski definition) is 4. The maximum absolute atomic E-state index is 12.6. The average Bonchev–Trinajstić information content (AvgIpc) is 2.77. The van der Waals surface area contributed by atoms with Crippen LogP contribution in [0.15, 0.2) is 73.3 Å². The van der Waals surface area contributed by atoms with E-state index in [-0.39, 0.29) is 11.6 Å². The molecule has 0 saturated carbocycles. The summed E-state index contributed by atoms with van der Waals surface area (Å²) in [6, 6.07) is 19.1. The number of hydrogen-bond donors (Lipinski definition) is 1. The fraction of sp³-hybridized carbons (Fsp3) is 0.423. The van der Waals surface area contributed by atoms with Gasteiger partial charge in [0.1, 0.15) is 6.61 Å². The first kappa shape index (κ1) is 25.8. The molecule has 5 nitrogen and oxygen atoms in total. The standard InChI is InChI=1S/C26H37NO4Si/c1-7-24(29-18-21-14-10-8-11-15-21)23(20-31-32(5,6)26(2,3)4)27-25(28)30-19-22-16-12-9-13-17-22/h7-17,23-24H,1,18-20H2,2-6H3,(H,27,28)/t23-,24+/m0/s1. The van der Waals surface area contributed by atoms with Gasteiger partial charge in [-0.25, -0.2) is 4.79 Å². The molecule has 0 spiro atoms. The van der Waals surface area contributed by atoms with Crippen molar-refractivity contribution in [3.63, 3.8) is 0 Å². The van der Waals surface area contributed by atoms with Crippen molar-refractivity contribution in [3.05, 3.63) is 84.4 Å². The molecule has 1 N–H and O–H groups in total. The lowest BCUT2D eigenvalue weighted by molar-refractivity contribution is 0.0288. The van der Waals surface area contributed by atoms with Crippen molar-refractivity contribution in [2.75, 3.05) is 6.61 Å². The van der Waals surface area contributed by atoms with Crippen LogP contribution in [-0.4, -0.2) is 33.2 Å². The first-order valence-electron chi connectivity index (χ1n) is 11.0. The van der Waals surface area contributed by atoms with E-state index in [9.17, 15) is 4.79 Å². The van der Waals surface area contributed by atoms with Gasteiger partial charge in [-0.3, -0.25) is 0 Å². The van der Waals surface area contributed by atoms with E-state index in [4.69, 9.17) is 13.9 Å². The molecule has 1 amide bonds. The number of nitrogens with one attached hydrogen (secondary N) is 1. The molecule has 0 aromatic heterocycles. The summed E-state index contributed by atoms with van der Waals surface area (Å²) in [5.74, 6) is 0. The molecular formula is C26H37NO4Si. The zero-order chi connectivity index (χ0) is 23.6. The van der Waals surface area contributed by atoms with Crippen LogP contribution in [0, 0.1) is 0 Å². The predicted molar refractivity (Wildman–Crippen MR) is 132 cm³/mol. The lowest BCUT2D eigenvalue weighted by Gasteiger charge is -2.38. The van der Waals surface area contributed by atoms with Crippen molar-refractivity contribution >= 4 is 14.4 Å². The lowest BCUT2D eigenvalue weighted by Crippen LogP contribution is -2.51. The van der Waals surface area contributed by atoms with E-state index in [0.29, 0.717) is 13.2 Å². The number of carbonyl (C=O) groups excluding carboxylic acids is 1. The fourth-order valence-corrected chi connectivity index (χ4v) is 3.79. The Hall–Kier alpha value is -2.41. The summed E-state index contributed by atoms with van der Waals surface area (Å²) in [5.41, 5.74) is 1.98. The van der Waals surface area contributed by atoms with Crippen LogP contribution in [0.1, 0.15) is 31.9 Å². The highest BCUT2D eigenvalue weighted by atomic mass is 28.4. The Morgan fingerprint density at radius 3 is 2.03 bits per heavy atom. The van der Waals surface area contributed by atoms with Gasteiger partial charge in [0.25, 0.3) is 0 Å². The zero-order valence-corrected chi connectivity index (χ0v) is 21.0. The van der Waals surface area contributed by atoms with Crippen LogP contribution in [0.25, 0.3) is 0 Å². The lowest BCUT2D eigenvalue weighted by atomic mass is 10.1. The third kappa shape index (κ3) is 8.26. The third-order valence-corrected chi connectivity index (χ3v) is 10.4. The van der Waals surface area contributed by atoms with Crippen molar-refractivity contribution in [1.29, 1.82) is 0 Å².